The molecule has 0 radical (unpaired) electrons. The number of methoxy groups -OCH3 is 1. The van der Waals surface area contributed by atoms with E-state index < -0.39 is 11.9 Å². The highest BCUT2D eigenvalue weighted by Gasteiger charge is 2.16. The third-order valence-electron chi connectivity index (χ3n) is 3.65. The molecule has 2 rings (SSSR count). The molecule has 0 fully saturated rings. The molecular weight excluding hydrogens is 346 g/mol. The van der Waals surface area contributed by atoms with E-state index in [1.807, 2.05) is 31.2 Å². The largest absolute Gasteiger partial charge is 0.497 e. The number of hydrogen-bond donors (Lipinski definition) is 2. The van der Waals surface area contributed by atoms with Crippen molar-refractivity contribution in [2.24, 2.45) is 5.10 Å². The summed E-state index contributed by atoms with van der Waals surface area (Å²) < 4.78 is 10.5. The fraction of sp³-hybridized carbons (Fsp3) is 0.250. The van der Waals surface area contributed by atoms with Gasteiger partial charge in [-0.15, -0.1) is 0 Å². The molecule has 1 unspecified atom stereocenters. The minimum absolute atomic E-state index is 0.353. The van der Waals surface area contributed by atoms with Crippen LogP contribution in [0.15, 0.2) is 53.6 Å². The maximum atomic E-state index is 12.2. The number of rotatable bonds is 8. The van der Waals surface area contributed by atoms with E-state index in [0.717, 1.165) is 11.3 Å². The first-order valence-electron chi connectivity index (χ1n) is 8.54. The smallest absolute Gasteiger partial charge is 0.262 e. The fourth-order valence-corrected chi connectivity index (χ4v) is 2.21. The molecule has 0 saturated carbocycles. The Labute approximate surface area is 158 Å². The van der Waals surface area contributed by atoms with Crippen LogP contribution in [0.5, 0.6) is 11.5 Å². The Morgan fingerprint density at radius 2 is 1.89 bits per heavy atom. The number of amides is 2. The first-order chi connectivity index (χ1) is 13.0. The first kappa shape index (κ1) is 20.0. The summed E-state index contributed by atoms with van der Waals surface area (Å²) in [5.41, 5.74) is 3.64. The predicted octanol–water partition coefficient (Wildman–Crippen LogP) is 2.36. The fourth-order valence-electron chi connectivity index (χ4n) is 2.21. The average molecular weight is 369 g/mol. The van der Waals surface area contributed by atoms with E-state index in [1.54, 1.807) is 38.3 Å². The molecule has 2 aromatic rings. The Morgan fingerprint density at radius 1 is 1.15 bits per heavy atom. The molecule has 0 aliphatic rings. The number of hydrazone groups is 1. The number of hydrogen-bond acceptors (Lipinski definition) is 5. The quantitative estimate of drug-likeness (QED) is 0.552. The third kappa shape index (κ3) is 6.14. The second-order valence-electron chi connectivity index (χ2n) is 5.66. The van der Waals surface area contributed by atoms with Crippen molar-refractivity contribution in [3.05, 3.63) is 59.7 Å². The van der Waals surface area contributed by atoms with Gasteiger partial charge < -0.3 is 14.8 Å². The van der Waals surface area contributed by atoms with Crippen molar-refractivity contribution in [2.45, 2.75) is 19.9 Å². The normalized spacial score (nSPS) is 11.7. The lowest BCUT2D eigenvalue weighted by Gasteiger charge is -2.12. The molecular formula is C20H23N3O4. The molecule has 7 heteroatoms. The molecule has 0 aliphatic carbocycles. The molecule has 1 atom stereocenters. The van der Waals surface area contributed by atoms with Crippen molar-refractivity contribution in [3.63, 3.8) is 0 Å². The zero-order chi connectivity index (χ0) is 19.6. The van der Waals surface area contributed by atoms with Crippen molar-refractivity contribution >= 4 is 18.0 Å². The van der Waals surface area contributed by atoms with Gasteiger partial charge in [0.05, 0.1) is 19.9 Å². The van der Waals surface area contributed by atoms with Crippen LogP contribution in [-0.4, -0.2) is 37.8 Å². The highest BCUT2D eigenvalue weighted by atomic mass is 16.5. The van der Waals surface area contributed by atoms with Crippen molar-refractivity contribution in [1.82, 2.24) is 10.7 Å². The van der Waals surface area contributed by atoms with Crippen LogP contribution in [0.25, 0.3) is 0 Å². The minimum Gasteiger partial charge on any atom is -0.497 e. The summed E-state index contributed by atoms with van der Waals surface area (Å²) in [4.78, 5) is 24.3. The highest BCUT2D eigenvalue weighted by Crippen LogP contribution is 2.12. The Balaban J connectivity index is 1.87. The molecule has 2 N–H and O–H groups in total. The topological polar surface area (TPSA) is 89.0 Å². The molecule has 0 aliphatic heterocycles. The number of carbonyl (C=O) groups excluding carboxylic acids is 2. The second kappa shape index (κ2) is 9.96. The summed E-state index contributed by atoms with van der Waals surface area (Å²) in [6.07, 6.45) is 1.51. The lowest BCUT2D eigenvalue weighted by molar-refractivity contribution is -0.122. The lowest BCUT2D eigenvalue weighted by atomic mass is 10.2. The van der Waals surface area contributed by atoms with Gasteiger partial charge in [0.25, 0.3) is 11.8 Å². The summed E-state index contributed by atoms with van der Waals surface area (Å²) in [5.74, 6) is 0.607. The van der Waals surface area contributed by atoms with E-state index in [0.29, 0.717) is 17.9 Å². The summed E-state index contributed by atoms with van der Waals surface area (Å²) in [7, 11) is 1.55. The number of benzene rings is 2. The summed E-state index contributed by atoms with van der Waals surface area (Å²) in [5, 5.41) is 6.54. The van der Waals surface area contributed by atoms with Gasteiger partial charge in [-0.1, -0.05) is 12.1 Å². The van der Waals surface area contributed by atoms with Crippen LogP contribution in [0.3, 0.4) is 0 Å². The molecule has 142 valence electrons. The van der Waals surface area contributed by atoms with Gasteiger partial charge in [0.1, 0.15) is 17.5 Å². The molecule has 0 heterocycles. The number of nitrogens with one attached hydrogen (secondary N) is 2. The van der Waals surface area contributed by atoms with Gasteiger partial charge in [-0.3, -0.25) is 9.59 Å². The van der Waals surface area contributed by atoms with Gasteiger partial charge >= 0.3 is 0 Å². The summed E-state index contributed by atoms with van der Waals surface area (Å²) in [6.45, 7) is 4.06. The van der Waals surface area contributed by atoms with E-state index in [9.17, 15) is 9.59 Å². The van der Waals surface area contributed by atoms with Gasteiger partial charge in [-0.25, -0.2) is 5.43 Å². The second-order valence-corrected chi connectivity index (χ2v) is 5.66. The van der Waals surface area contributed by atoms with Crippen LogP contribution in [0.4, 0.5) is 0 Å². The molecule has 27 heavy (non-hydrogen) atoms. The van der Waals surface area contributed by atoms with Crippen LogP contribution < -0.4 is 20.2 Å². The molecule has 2 amide bonds. The van der Waals surface area contributed by atoms with Gasteiger partial charge in [0.2, 0.25) is 0 Å². The molecule has 0 aromatic heterocycles. The molecule has 0 bridgehead atoms. The SMILES string of the molecule is CCOc1cccc(C=NNC(=O)C(C)NC(=O)c2ccc(OC)cc2)c1. The van der Waals surface area contributed by atoms with Gasteiger partial charge in [0, 0.05) is 5.56 Å². The van der Waals surface area contributed by atoms with Crippen molar-refractivity contribution < 1.29 is 19.1 Å². The number of carbonyl (C=O) groups is 2. The first-order valence-corrected chi connectivity index (χ1v) is 8.54. The van der Waals surface area contributed by atoms with E-state index in [4.69, 9.17) is 9.47 Å². The lowest BCUT2D eigenvalue weighted by Crippen LogP contribution is -2.43. The van der Waals surface area contributed by atoms with Gasteiger partial charge in [-0.05, 0) is 55.8 Å². The predicted molar refractivity (Wildman–Crippen MR) is 103 cm³/mol. The molecule has 0 saturated heterocycles. The van der Waals surface area contributed by atoms with Crippen LogP contribution in [0.2, 0.25) is 0 Å². The average Bonchev–Trinajstić information content (AvgIpc) is 2.68. The maximum absolute atomic E-state index is 12.2. The standard InChI is InChI=1S/C20H23N3O4/c1-4-27-18-7-5-6-15(12-18)13-21-23-19(24)14(2)22-20(25)16-8-10-17(26-3)11-9-16/h5-14H,4H2,1-3H3,(H,22,25)(H,23,24). The Bertz CT molecular complexity index is 803. The molecule has 7 nitrogen and oxygen atoms in total. The third-order valence-corrected chi connectivity index (χ3v) is 3.65. The van der Waals surface area contributed by atoms with Crippen LogP contribution in [-0.2, 0) is 4.79 Å². The van der Waals surface area contributed by atoms with Gasteiger partial charge in [-0.2, -0.15) is 5.10 Å². The minimum atomic E-state index is -0.744. The van der Waals surface area contributed by atoms with Crippen LogP contribution in [0.1, 0.15) is 29.8 Å². The Hall–Kier alpha value is -3.35. The van der Waals surface area contributed by atoms with E-state index in [-0.39, 0.29) is 5.91 Å². The zero-order valence-electron chi connectivity index (χ0n) is 15.6. The van der Waals surface area contributed by atoms with Gasteiger partial charge in [0.15, 0.2) is 0 Å². The van der Waals surface area contributed by atoms with Crippen LogP contribution in [0, 0.1) is 0 Å². The van der Waals surface area contributed by atoms with E-state index in [1.165, 1.54) is 6.21 Å². The van der Waals surface area contributed by atoms with E-state index >= 15 is 0 Å². The number of nitrogens with zero attached hydrogens (tertiary/aromatic N) is 1. The van der Waals surface area contributed by atoms with Crippen LogP contribution >= 0.6 is 0 Å². The highest BCUT2D eigenvalue weighted by molar-refractivity contribution is 5.97. The zero-order valence-corrected chi connectivity index (χ0v) is 15.6. The summed E-state index contributed by atoms with van der Waals surface area (Å²) >= 11 is 0. The molecule has 0 spiro atoms. The Morgan fingerprint density at radius 3 is 2.56 bits per heavy atom. The monoisotopic (exact) mass is 369 g/mol. The van der Waals surface area contributed by atoms with Crippen molar-refractivity contribution in [2.75, 3.05) is 13.7 Å². The molecule has 2 aromatic carbocycles. The maximum Gasteiger partial charge on any atom is 0.262 e. The summed E-state index contributed by atoms with van der Waals surface area (Å²) in [6, 6.07) is 13.2. The van der Waals surface area contributed by atoms with E-state index in [2.05, 4.69) is 15.8 Å². The number of ether oxygens (including phenoxy) is 2. The van der Waals surface area contributed by atoms with Crippen molar-refractivity contribution in [1.29, 1.82) is 0 Å². The van der Waals surface area contributed by atoms with Crippen molar-refractivity contribution in [3.8, 4) is 11.5 Å². The Kier molecular flexibility index (Phi) is 7.37.